The Bertz CT molecular complexity index is 419. The Morgan fingerprint density at radius 3 is 3.12 bits per heavy atom. The van der Waals surface area contributed by atoms with Crippen LogP contribution in [0.5, 0.6) is 0 Å². The van der Waals surface area contributed by atoms with Crippen molar-refractivity contribution in [3.63, 3.8) is 0 Å². The third kappa shape index (κ3) is 3.04. The van der Waals surface area contributed by atoms with E-state index in [1.165, 1.54) is 6.07 Å². The van der Waals surface area contributed by atoms with Gasteiger partial charge in [0, 0.05) is 12.6 Å². The molecule has 17 heavy (non-hydrogen) atoms. The van der Waals surface area contributed by atoms with Crippen molar-refractivity contribution in [2.75, 3.05) is 13.1 Å². The number of amides is 1. The standard InChI is InChI=1S/C12H14BrFN2O/c13-10-5-1-4-9(11(10)14)12(17)16-7-8-3-2-6-15-8/h1,4-5,8,15H,2-3,6-7H2,(H,16,17). The molecule has 1 aliphatic rings. The molecule has 0 saturated carbocycles. The van der Waals surface area contributed by atoms with E-state index in [0.717, 1.165) is 19.4 Å². The van der Waals surface area contributed by atoms with Crippen LogP contribution in [0.15, 0.2) is 22.7 Å². The van der Waals surface area contributed by atoms with E-state index in [1.54, 1.807) is 12.1 Å². The zero-order valence-corrected chi connectivity index (χ0v) is 10.9. The van der Waals surface area contributed by atoms with Crippen LogP contribution < -0.4 is 10.6 Å². The summed E-state index contributed by atoms with van der Waals surface area (Å²) < 4.78 is 13.9. The van der Waals surface area contributed by atoms with Gasteiger partial charge in [-0.15, -0.1) is 0 Å². The lowest BCUT2D eigenvalue weighted by Gasteiger charge is -2.12. The van der Waals surface area contributed by atoms with Gasteiger partial charge in [0.05, 0.1) is 10.0 Å². The fourth-order valence-corrected chi connectivity index (χ4v) is 2.29. The van der Waals surface area contributed by atoms with Gasteiger partial charge in [-0.25, -0.2) is 4.39 Å². The molecule has 3 nitrogen and oxygen atoms in total. The maximum absolute atomic E-state index is 13.6. The van der Waals surface area contributed by atoms with E-state index >= 15 is 0 Å². The summed E-state index contributed by atoms with van der Waals surface area (Å²) in [4.78, 5) is 11.8. The lowest BCUT2D eigenvalue weighted by molar-refractivity contribution is 0.0946. The van der Waals surface area contributed by atoms with Gasteiger partial charge in [0.25, 0.3) is 5.91 Å². The van der Waals surface area contributed by atoms with Crippen LogP contribution in [-0.2, 0) is 0 Å². The zero-order valence-electron chi connectivity index (χ0n) is 9.30. The third-order valence-corrected chi connectivity index (χ3v) is 3.48. The van der Waals surface area contributed by atoms with E-state index in [-0.39, 0.29) is 11.5 Å². The Kier molecular flexibility index (Phi) is 4.12. The Morgan fingerprint density at radius 1 is 1.59 bits per heavy atom. The number of carbonyl (C=O) groups excluding carboxylic acids is 1. The molecule has 1 atom stereocenters. The molecule has 2 rings (SSSR count). The molecule has 1 aromatic carbocycles. The Hall–Kier alpha value is -0.940. The summed E-state index contributed by atoms with van der Waals surface area (Å²) in [6, 6.07) is 5.02. The summed E-state index contributed by atoms with van der Waals surface area (Å²) in [6.07, 6.45) is 2.19. The maximum Gasteiger partial charge on any atom is 0.254 e. The summed E-state index contributed by atoms with van der Waals surface area (Å²) in [7, 11) is 0. The highest BCUT2D eigenvalue weighted by Crippen LogP contribution is 2.18. The van der Waals surface area contributed by atoms with Gasteiger partial charge < -0.3 is 10.6 Å². The summed E-state index contributed by atoms with van der Waals surface area (Å²) in [5.74, 6) is -0.873. The Balaban J connectivity index is 1.97. The van der Waals surface area contributed by atoms with Crippen molar-refractivity contribution >= 4 is 21.8 Å². The SMILES string of the molecule is O=C(NCC1CCCN1)c1cccc(Br)c1F. The fraction of sp³-hybridized carbons (Fsp3) is 0.417. The lowest BCUT2D eigenvalue weighted by atomic mass is 10.2. The number of halogens is 2. The summed E-state index contributed by atoms with van der Waals surface area (Å²) in [5.41, 5.74) is 0.0809. The molecule has 5 heteroatoms. The first kappa shape index (κ1) is 12.5. The number of nitrogens with one attached hydrogen (secondary N) is 2. The van der Waals surface area contributed by atoms with Gasteiger partial charge in [0.15, 0.2) is 0 Å². The monoisotopic (exact) mass is 300 g/mol. The third-order valence-electron chi connectivity index (χ3n) is 2.87. The second-order valence-corrected chi connectivity index (χ2v) is 4.96. The largest absolute Gasteiger partial charge is 0.350 e. The Labute approximate surface area is 108 Å². The molecule has 2 N–H and O–H groups in total. The minimum Gasteiger partial charge on any atom is -0.350 e. The predicted octanol–water partition coefficient (Wildman–Crippen LogP) is 2.07. The van der Waals surface area contributed by atoms with E-state index in [4.69, 9.17) is 0 Å². The molecule has 1 fully saturated rings. The van der Waals surface area contributed by atoms with Gasteiger partial charge in [-0.3, -0.25) is 4.79 Å². The molecule has 0 radical (unpaired) electrons. The topological polar surface area (TPSA) is 41.1 Å². The van der Waals surface area contributed by atoms with Crippen LogP contribution in [0.3, 0.4) is 0 Å². The van der Waals surface area contributed by atoms with Crippen molar-refractivity contribution in [3.05, 3.63) is 34.1 Å². The number of carbonyl (C=O) groups is 1. The number of hydrogen-bond acceptors (Lipinski definition) is 2. The summed E-state index contributed by atoms with van der Waals surface area (Å²) >= 11 is 3.06. The van der Waals surface area contributed by atoms with Crippen LogP contribution in [0.25, 0.3) is 0 Å². The van der Waals surface area contributed by atoms with Crippen LogP contribution in [0.2, 0.25) is 0 Å². The molecule has 1 unspecified atom stereocenters. The number of hydrogen-bond donors (Lipinski definition) is 2. The lowest BCUT2D eigenvalue weighted by Crippen LogP contribution is -2.37. The first-order chi connectivity index (χ1) is 8.18. The van der Waals surface area contributed by atoms with Crippen LogP contribution >= 0.6 is 15.9 Å². The second-order valence-electron chi connectivity index (χ2n) is 4.10. The van der Waals surface area contributed by atoms with Crippen molar-refractivity contribution < 1.29 is 9.18 Å². The number of rotatable bonds is 3. The van der Waals surface area contributed by atoms with Gasteiger partial charge in [0.1, 0.15) is 5.82 Å². The molecule has 1 aliphatic heterocycles. The number of benzene rings is 1. The van der Waals surface area contributed by atoms with E-state index in [9.17, 15) is 9.18 Å². The molecule has 1 heterocycles. The van der Waals surface area contributed by atoms with E-state index in [0.29, 0.717) is 17.1 Å². The van der Waals surface area contributed by atoms with Crippen LogP contribution in [-0.4, -0.2) is 25.0 Å². The first-order valence-electron chi connectivity index (χ1n) is 5.64. The minimum atomic E-state index is -0.510. The normalized spacial score (nSPS) is 19.3. The predicted molar refractivity (Wildman–Crippen MR) is 67.5 cm³/mol. The quantitative estimate of drug-likeness (QED) is 0.897. The van der Waals surface area contributed by atoms with Crippen molar-refractivity contribution in [2.24, 2.45) is 0 Å². The van der Waals surface area contributed by atoms with Crippen molar-refractivity contribution in [1.29, 1.82) is 0 Å². The first-order valence-corrected chi connectivity index (χ1v) is 6.43. The molecule has 92 valence electrons. The van der Waals surface area contributed by atoms with Gasteiger partial charge >= 0.3 is 0 Å². The average Bonchev–Trinajstić information content (AvgIpc) is 2.82. The second kappa shape index (κ2) is 5.60. The average molecular weight is 301 g/mol. The van der Waals surface area contributed by atoms with Gasteiger partial charge in [0.2, 0.25) is 0 Å². The van der Waals surface area contributed by atoms with E-state index < -0.39 is 5.82 Å². The van der Waals surface area contributed by atoms with Crippen molar-refractivity contribution in [2.45, 2.75) is 18.9 Å². The molecule has 0 aromatic heterocycles. The molecule has 0 aliphatic carbocycles. The highest BCUT2D eigenvalue weighted by molar-refractivity contribution is 9.10. The molecular formula is C12H14BrFN2O. The molecule has 1 aromatic rings. The van der Waals surface area contributed by atoms with E-state index in [1.807, 2.05) is 0 Å². The Morgan fingerprint density at radius 2 is 2.41 bits per heavy atom. The molecule has 1 saturated heterocycles. The maximum atomic E-state index is 13.6. The minimum absolute atomic E-state index is 0.0809. The van der Waals surface area contributed by atoms with Gasteiger partial charge in [-0.1, -0.05) is 6.07 Å². The zero-order chi connectivity index (χ0) is 12.3. The highest BCUT2D eigenvalue weighted by atomic mass is 79.9. The molecule has 1 amide bonds. The van der Waals surface area contributed by atoms with Crippen LogP contribution in [0, 0.1) is 5.82 Å². The highest BCUT2D eigenvalue weighted by Gasteiger charge is 2.17. The van der Waals surface area contributed by atoms with Crippen LogP contribution in [0.4, 0.5) is 4.39 Å². The summed E-state index contributed by atoms with van der Waals surface area (Å²) in [5, 5.41) is 6.02. The van der Waals surface area contributed by atoms with Crippen molar-refractivity contribution in [1.82, 2.24) is 10.6 Å². The molecule has 0 spiro atoms. The van der Waals surface area contributed by atoms with E-state index in [2.05, 4.69) is 26.6 Å². The molecular weight excluding hydrogens is 287 g/mol. The molecule has 0 bridgehead atoms. The summed E-state index contributed by atoms with van der Waals surface area (Å²) in [6.45, 7) is 1.54. The van der Waals surface area contributed by atoms with Crippen LogP contribution in [0.1, 0.15) is 23.2 Å². The fourth-order valence-electron chi connectivity index (χ4n) is 1.92. The van der Waals surface area contributed by atoms with Crippen molar-refractivity contribution in [3.8, 4) is 0 Å². The van der Waals surface area contributed by atoms with Gasteiger partial charge in [-0.05, 0) is 47.4 Å². The van der Waals surface area contributed by atoms with Gasteiger partial charge in [-0.2, -0.15) is 0 Å². The smallest absolute Gasteiger partial charge is 0.254 e.